The summed E-state index contributed by atoms with van der Waals surface area (Å²) in [4.78, 5) is 22.6. The first-order valence-electron chi connectivity index (χ1n) is 9.29. The Morgan fingerprint density at radius 3 is 2.28 bits per heavy atom. The van der Waals surface area contributed by atoms with Gasteiger partial charge in [-0.05, 0) is 18.3 Å². The highest BCUT2D eigenvalue weighted by atomic mass is 31.2. The molecular formula is C19H30F3N2O4P. The van der Waals surface area contributed by atoms with E-state index in [-0.39, 0.29) is 25.6 Å². The van der Waals surface area contributed by atoms with E-state index in [9.17, 15) is 22.8 Å². The highest BCUT2D eigenvalue weighted by molar-refractivity contribution is 7.52. The van der Waals surface area contributed by atoms with Crippen molar-refractivity contribution < 1.29 is 31.8 Å². The lowest BCUT2D eigenvalue weighted by atomic mass is 10.1. The Bertz CT molecular complexity index is 587. The molecule has 0 bridgehead atoms. The smallest absolute Gasteiger partial charge is 0.352 e. The maximum Gasteiger partial charge on any atom is 0.471 e. The summed E-state index contributed by atoms with van der Waals surface area (Å²) >= 11 is 0. The lowest BCUT2D eigenvalue weighted by molar-refractivity contribution is -0.173. The van der Waals surface area contributed by atoms with Crippen molar-refractivity contribution in [3.05, 3.63) is 11.4 Å². The summed E-state index contributed by atoms with van der Waals surface area (Å²) in [6.07, 6.45) is 3.49. The van der Waals surface area contributed by atoms with Crippen LogP contribution in [0.5, 0.6) is 0 Å². The summed E-state index contributed by atoms with van der Waals surface area (Å²) < 4.78 is 47.7. The Morgan fingerprint density at radius 2 is 1.76 bits per heavy atom. The van der Waals surface area contributed by atoms with Crippen LogP contribution in [-0.2, 0) is 18.6 Å². The third-order valence-corrected chi connectivity index (χ3v) is 4.72. The van der Waals surface area contributed by atoms with Crippen LogP contribution < -0.4 is 10.6 Å². The standard InChI is InChI=1S/C19H30F3N2O4P/c1-6-7-10-27-29(16(11-14(2)3)12-15(4)5)28-13-17(25)23-8-9-24-18(26)19(20,21)22/h1,11,14-15H,7-10,12-13H2,2-5H3,(H,23,25)(H,24,26)/b16-11-. The highest BCUT2D eigenvalue weighted by Crippen LogP contribution is 2.50. The van der Waals surface area contributed by atoms with Crippen molar-refractivity contribution in [1.82, 2.24) is 10.6 Å². The van der Waals surface area contributed by atoms with Gasteiger partial charge in [-0.2, -0.15) is 13.2 Å². The van der Waals surface area contributed by atoms with Crippen molar-refractivity contribution >= 4 is 20.2 Å². The Balaban J connectivity index is 4.68. The molecule has 0 fully saturated rings. The van der Waals surface area contributed by atoms with Crippen molar-refractivity contribution in [1.29, 1.82) is 0 Å². The molecule has 2 amide bonds. The number of carbonyl (C=O) groups excluding carboxylic acids is 2. The van der Waals surface area contributed by atoms with Gasteiger partial charge in [0.15, 0.2) is 0 Å². The van der Waals surface area contributed by atoms with Crippen molar-refractivity contribution in [3.8, 4) is 12.3 Å². The quantitative estimate of drug-likeness (QED) is 0.261. The third kappa shape index (κ3) is 14.1. The van der Waals surface area contributed by atoms with E-state index in [0.29, 0.717) is 18.9 Å². The molecule has 0 aliphatic carbocycles. The van der Waals surface area contributed by atoms with Crippen molar-refractivity contribution in [3.63, 3.8) is 0 Å². The second kappa shape index (κ2) is 14.4. The number of rotatable bonds is 13. The number of alkyl halides is 3. The zero-order valence-corrected chi connectivity index (χ0v) is 18.2. The topological polar surface area (TPSA) is 76.7 Å². The summed E-state index contributed by atoms with van der Waals surface area (Å²) in [6.45, 7) is 7.65. The van der Waals surface area contributed by atoms with Gasteiger partial charge in [-0.25, -0.2) is 0 Å². The Kier molecular flexibility index (Phi) is 13.6. The first-order valence-corrected chi connectivity index (χ1v) is 10.5. The molecule has 0 aliphatic rings. The van der Waals surface area contributed by atoms with Crippen molar-refractivity contribution in [2.24, 2.45) is 11.8 Å². The maximum atomic E-state index is 12.1. The second-order valence-corrected chi connectivity index (χ2v) is 8.53. The lowest BCUT2D eigenvalue weighted by Crippen LogP contribution is -2.41. The van der Waals surface area contributed by atoms with Crippen LogP contribution in [0.3, 0.4) is 0 Å². The number of halogens is 3. The highest BCUT2D eigenvalue weighted by Gasteiger charge is 2.38. The van der Waals surface area contributed by atoms with Gasteiger partial charge in [0.1, 0.15) is 6.61 Å². The maximum absolute atomic E-state index is 12.1. The fourth-order valence-corrected chi connectivity index (χ4v) is 3.88. The predicted octanol–water partition coefficient (Wildman–Crippen LogP) is 3.74. The zero-order valence-electron chi connectivity index (χ0n) is 17.3. The second-order valence-electron chi connectivity index (χ2n) is 6.92. The van der Waals surface area contributed by atoms with Crippen LogP contribution in [0.25, 0.3) is 0 Å². The number of carbonyl (C=O) groups is 2. The Hall–Kier alpha value is -1.62. The van der Waals surface area contributed by atoms with E-state index in [1.54, 1.807) is 5.32 Å². The monoisotopic (exact) mass is 438 g/mol. The van der Waals surface area contributed by atoms with Gasteiger partial charge in [-0.15, -0.1) is 12.3 Å². The molecule has 1 unspecified atom stereocenters. The van der Waals surface area contributed by atoms with E-state index in [0.717, 1.165) is 11.7 Å². The van der Waals surface area contributed by atoms with Crippen LogP contribution in [0.4, 0.5) is 13.2 Å². The fourth-order valence-electron chi connectivity index (χ4n) is 2.04. The van der Waals surface area contributed by atoms with Gasteiger partial charge in [-0.3, -0.25) is 9.59 Å². The number of hydrogen-bond donors (Lipinski definition) is 2. The number of allylic oxidation sites excluding steroid dienone is 2. The zero-order chi connectivity index (χ0) is 22.4. The van der Waals surface area contributed by atoms with Crippen LogP contribution in [-0.4, -0.2) is 44.3 Å². The molecule has 0 rings (SSSR count). The predicted molar refractivity (Wildman–Crippen MR) is 107 cm³/mol. The number of nitrogens with one attached hydrogen (secondary N) is 2. The number of terminal acetylenes is 1. The van der Waals surface area contributed by atoms with E-state index in [1.165, 1.54) is 0 Å². The lowest BCUT2D eigenvalue weighted by Gasteiger charge is -2.22. The summed E-state index contributed by atoms with van der Waals surface area (Å²) in [6, 6.07) is 0. The molecule has 1 atom stereocenters. The molecule has 0 aromatic heterocycles. The van der Waals surface area contributed by atoms with Crippen molar-refractivity contribution in [2.45, 2.75) is 46.7 Å². The molecule has 0 saturated heterocycles. The summed E-state index contributed by atoms with van der Waals surface area (Å²) in [5.41, 5.74) is 0. The van der Waals surface area contributed by atoms with Crippen LogP contribution in [0.2, 0.25) is 0 Å². The molecule has 29 heavy (non-hydrogen) atoms. The van der Waals surface area contributed by atoms with E-state index in [1.807, 2.05) is 19.9 Å². The van der Waals surface area contributed by atoms with E-state index in [4.69, 9.17) is 15.5 Å². The van der Waals surface area contributed by atoms with Crippen molar-refractivity contribution in [2.75, 3.05) is 26.3 Å². The Morgan fingerprint density at radius 1 is 1.14 bits per heavy atom. The van der Waals surface area contributed by atoms with Gasteiger partial charge in [0.05, 0.1) is 6.61 Å². The van der Waals surface area contributed by atoms with Gasteiger partial charge in [0.25, 0.3) is 0 Å². The Labute approximate surface area is 171 Å². The first kappa shape index (κ1) is 27.4. The van der Waals surface area contributed by atoms with Gasteiger partial charge in [0.2, 0.25) is 14.3 Å². The largest absolute Gasteiger partial charge is 0.471 e. The minimum Gasteiger partial charge on any atom is -0.352 e. The molecule has 10 heteroatoms. The average molecular weight is 438 g/mol. The molecule has 0 radical (unpaired) electrons. The molecule has 0 aliphatic heterocycles. The molecule has 0 spiro atoms. The number of amides is 2. The minimum absolute atomic E-state index is 0.152. The van der Waals surface area contributed by atoms with Gasteiger partial charge >= 0.3 is 12.1 Å². The molecular weight excluding hydrogens is 408 g/mol. The van der Waals surface area contributed by atoms with E-state index >= 15 is 0 Å². The first-order chi connectivity index (χ1) is 13.5. The molecule has 0 aromatic rings. The van der Waals surface area contributed by atoms with Gasteiger partial charge < -0.3 is 19.7 Å². The molecule has 6 nitrogen and oxygen atoms in total. The molecule has 0 aromatic carbocycles. The summed E-state index contributed by atoms with van der Waals surface area (Å²) in [5.74, 6) is 0.529. The third-order valence-electron chi connectivity index (χ3n) is 3.14. The molecule has 2 N–H and O–H groups in total. The summed E-state index contributed by atoms with van der Waals surface area (Å²) in [5, 5.41) is 5.03. The van der Waals surface area contributed by atoms with E-state index in [2.05, 4.69) is 25.1 Å². The molecule has 0 saturated carbocycles. The number of hydrogen-bond acceptors (Lipinski definition) is 4. The molecule has 0 heterocycles. The fraction of sp³-hybridized carbons (Fsp3) is 0.684. The average Bonchev–Trinajstić information content (AvgIpc) is 2.59. The molecule has 166 valence electrons. The van der Waals surface area contributed by atoms with Gasteiger partial charge in [0, 0.05) is 24.8 Å². The van der Waals surface area contributed by atoms with Crippen LogP contribution in [0, 0.1) is 24.2 Å². The minimum atomic E-state index is -4.95. The summed E-state index contributed by atoms with van der Waals surface area (Å²) in [7, 11) is -1.49. The van der Waals surface area contributed by atoms with Crippen LogP contribution >= 0.6 is 8.38 Å². The normalized spacial score (nSPS) is 13.3. The van der Waals surface area contributed by atoms with Crippen LogP contribution in [0.1, 0.15) is 40.5 Å². The van der Waals surface area contributed by atoms with Gasteiger partial charge in [-0.1, -0.05) is 33.8 Å². The van der Waals surface area contributed by atoms with E-state index < -0.39 is 26.4 Å². The SMILES string of the molecule is C#CCCOP(OCC(=O)NCCNC(=O)C(F)(F)F)/C(=C\C(C)C)CC(C)C. The van der Waals surface area contributed by atoms with Crippen LogP contribution in [0.15, 0.2) is 11.4 Å².